The van der Waals surface area contributed by atoms with Crippen molar-refractivity contribution in [3.63, 3.8) is 0 Å². The Kier molecular flexibility index (Phi) is 2.02. The van der Waals surface area contributed by atoms with Crippen molar-refractivity contribution >= 4 is 18.4 Å². The fraction of sp³-hybridized carbons (Fsp3) is 0.125. The minimum Gasteiger partial charge on any atom is -0.780 e. The van der Waals surface area contributed by atoms with E-state index in [4.69, 9.17) is 12.6 Å². The molecule has 0 N–H and O–H groups in total. The summed E-state index contributed by atoms with van der Waals surface area (Å²) in [5, 5.41) is 0. The van der Waals surface area contributed by atoms with E-state index in [-0.39, 0.29) is 5.78 Å². The second-order valence-electron chi connectivity index (χ2n) is 2.08. The second kappa shape index (κ2) is 2.80. The first-order chi connectivity index (χ1) is 4.70. The van der Waals surface area contributed by atoms with E-state index in [9.17, 15) is 4.79 Å². The van der Waals surface area contributed by atoms with Gasteiger partial charge >= 0.3 is 0 Å². The van der Waals surface area contributed by atoms with Gasteiger partial charge in [-0.2, -0.15) is 4.90 Å². The molecule has 0 aliphatic rings. The largest absolute Gasteiger partial charge is 0.780 e. The third-order valence-corrected chi connectivity index (χ3v) is 1.49. The maximum atomic E-state index is 10.8. The standard InChI is InChI=1S/C8H8OS/c1-6(9)7-3-2-4-8(10)5-7/h2-5,10H,1H3/p-1. The van der Waals surface area contributed by atoms with Gasteiger partial charge in [0.1, 0.15) is 0 Å². The van der Waals surface area contributed by atoms with Crippen molar-refractivity contribution in [1.82, 2.24) is 0 Å². The predicted octanol–water partition coefficient (Wildman–Crippen LogP) is 1.80. The molecule has 1 nitrogen and oxygen atoms in total. The molecule has 2 heteroatoms. The summed E-state index contributed by atoms with van der Waals surface area (Å²) < 4.78 is 0. The maximum absolute atomic E-state index is 10.8. The quantitative estimate of drug-likeness (QED) is 0.449. The number of benzene rings is 1. The molecule has 1 rings (SSSR count). The smallest absolute Gasteiger partial charge is 0.159 e. The molecule has 0 aliphatic carbocycles. The van der Waals surface area contributed by atoms with Crippen LogP contribution in [0.25, 0.3) is 0 Å². The number of ketones is 1. The number of carbonyl (C=O) groups is 1. The molecule has 0 saturated carbocycles. The van der Waals surface area contributed by atoms with Gasteiger partial charge in [0, 0.05) is 5.56 Å². The van der Waals surface area contributed by atoms with Crippen LogP contribution in [-0.4, -0.2) is 5.78 Å². The van der Waals surface area contributed by atoms with Crippen LogP contribution in [0.5, 0.6) is 0 Å². The van der Waals surface area contributed by atoms with Crippen LogP contribution in [0.2, 0.25) is 0 Å². The lowest BCUT2D eigenvalue weighted by Crippen LogP contribution is -1.90. The summed E-state index contributed by atoms with van der Waals surface area (Å²) in [5.41, 5.74) is 0.688. The highest BCUT2D eigenvalue weighted by molar-refractivity contribution is 7.58. The van der Waals surface area contributed by atoms with Gasteiger partial charge in [0.2, 0.25) is 0 Å². The molecule has 0 amide bonds. The van der Waals surface area contributed by atoms with Crippen LogP contribution in [0, 0.1) is 0 Å². The van der Waals surface area contributed by atoms with Gasteiger partial charge in [-0.1, -0.05) is 24.3 Å². The third kappa shape index (κ3) is 1.54. The molecule has 0 radical (unpaired) electrons. The van der Waals surface area contributed by atoms with Gasteiger partial charge in [-0.15, -0.1) is 0 Å². The molecule has 0 fully saturated rings. The van der Waals surface area contributed by atoms with Crippen LogP contribution in [0.4, 0.5) is 0 Å². The highest BCUT2D eigenvalue weighted by atomic mass is 32.1. The molecule has 0 unspecified atom stereocenters. The highest BCUT2D eigenvalue weighted by Crippen LogP contribution is 2.04. The number of rotatable bonds is 1. The van der Waals surface area contributed by atoms with Crippen molar-refractivity contribution in [3.8, 4) is 0 Å². The van der Waals surface area contributed by atoms with Crippen LogP contribution in [0.1, 0.15) is 17.3 Å². The van der Waals surface area contributed by atoms with E-state index in [1.165, 1.54) is 6.92 Å². The average molecular weight is 151 g/mol. The summed E-state index contributed by atoms with van der Waals surface area (Å²) in [4.78, 5) is 11.5. The molecule has 0 saturated heterocycles. The van der Waals surface area contributed by atoms with Gasteiger partial charge in [0.05, 0.1) is 0 Å². The molecule has 52 valence electrons. The second-order valence-corrected chi connectivity index (χ2v) is 2.56. The van der Waals surface area contributed by atoms with Gasteiger partial charge in [0.15, 0.2) is 5.78 Å². The number of hydrogen-bond donors (Lipinski definition) is 0. The van der Waals surface area contributed by atoms with Gasteiger partial charge in [0.25, 0.3) is 0 Å². The Morgan fingerprint density at radius 2 is 2.20 bits per heavy atom. The summed E-state index contributed by atoms with van der Waals surface area (Å²) in [5.74, 6) is 0.0618. The van der Waals surface area contributed by atoms with Gasteiger partial charge in [-0.25, -0.2) is 0 Å². The zero-order valence-electron chi connectivity index (χ0n) is 5.63. The van der Waals surface area contributed by atoms with E-state index >= 15 is 0 Å². The molecule has 0 spiro atoms. The minimum absolute atomic E-state index is 0.0618. The van der Waals surface area contributed by atoms with E-state index in [0.717, 1.165) is 0 Å². The summed E-state index contributed by atoms with van der Waals surface area (Å²) in [7, 11) is 0. The monoisotopic (exact) mass is 151 g/mol. The number of hydrogen-bond acceptors (Lipinski definition) is 2. The van der Waals surface area contributed by atoms with E-state index < -0.39 is 0 Å². The van der Waals surface area contributed by atoms with Crippen LogP contribution in [0.3, 0.4) is 0 Å². The lowest BCUT2D eigenvalue weighted by atomic mass is 10.2. The van der Waals surface area contributed by atoms with Crippen molar-refractivity contribution in [2.45, 2.75) is 11.8 Å². The first kappa shape index (κ1) is 7.22. The van der Waals surface area contributed by atoms with E-state index in [0.29, 0.717) is 10.5 Å². The Bertz CT molecular complexity index is 255. The normalized spacial score (nSPS) is 9.30. The molecule has 0 aromatic heterocycles. The van der Waals surface area contributed by atoms with Crippen molar-refractivity contribution in [2.24, 2.45) is 0 Å². The van der Waals surface area contributed by atoms with E-state index in [1.807, 2.05) is 0 Å². The van der Waals surface area contributed by atoms with Crippen molar-refractivity contribution in [3.05, 3.63) is 29.8 Å². The van der Waals surface area contributed by atoms with Gasteiger partial charge in [-0.3, -0.25) is 4.79 Å². The first-order valence-electron chi connectivity index (χ1n) is 2.98. The summed E-state index contributed by atoms with van der Waals surface area (Å²) in [6.07, 6.45) is 0. The highest BCUT2D eigenvalue weighted by Gasteiger charge is 1.93. The molecular weight excluding hydrogens is 144 g/mol. The fourth-order valence-corrected chi connectivity index (χ4v) is 0.921. The molecular formula is C8H7OS-. The maximum Gasteiger partial charge on any atom is 0.159 e. The summed E-state index contributed by atoms with van der Waals surface area (Å²) in [6, 6.07) is 7.05. The Hall–Kier alpha value is -0.890. The first-order valence-corrected chi connectivity index (χ1v) is 3.39. The van der Waals surface area contributed by atoms with Crippen LogP contribution in [-0.2, 0) is 12.6 Å². The molecule has 0 heterocycles. The number of carbonyl (C=O) groups excluding carboxylic acids is 1. The van der Waals surface area contributed by atoms with Crippen LogP contribution in [0.15, 0.2) is 29.2 Å². The summed E-state index contributed by atoms with van der Waals surface area (Å²) >= 11 is 4.87. The topological polar surface area (TPSA) is 17.1 Å². The van der Waals surface area contributed by atoms with Gasteiger partial charge < -0.3 is 12.6 Å². The molecule has 0 bridgehead atoms. The molecule has 1 aromatic rings. The Labute approximate surface area is 65.5 Å². The zero-order valence-corrected chi connectivity index (χ0v) is 6.44. The van der Waals surface area contributed by atoms with Crippen LogP contribution >= 0.6 is 0 Å². The lowest BCUT2D eigenvalue weighted by molar-refractivity contribution is 0.101. The average Bonchev–Trinajstić information content (AvgIpc) is 1.88. The van der Waals surface area contributed by atoms with Crippen molar-refractivity contribution in [1.29, 1.82) is 0 Å². The van der Waals surface area contributed by atoms with E-state index in [2.05, 4.69) is 0 Å². The Morgan fingerprint density at radius 1 is 1.50 bits per heavy atom. The molecule has 0 aliphatic heterocycles. The Balaban J connectivity index is 3.07. The summed E-state index contributed by atoms with van der Waals surface area (Å²) in [6.45, 7) is 1.53. The van der Waals surface area contributed by atoms with Gasteiger partial charge in [-0.05, 0) is 6.92 Å². The fourth-order valence-electron chi connectivity index (χ4n) is 0.715. The van der Waals surface area contributed by atoms with Crippen molar-refractivity contribution in [2.75, 3.05) is 0 Å². The lowest BCUT2D eigenvalue weighted by Gasteiger charge is -2.04. The predicted molar refractivity (Wildman–Crippen MR) is 42.1 cm³/mol. The van der Waals surface area contributed by atoms with Crippen LogP contribution < -0.4 is 0 Å². The SMILES string of the molecule is CC(=O)c1cccc([S-])c1. The minimum atomic E-state index is 0.0618. The Morgan fingerprint density at radius 3 is 2.60 bits per heavy atom. The molecule has 1 aromatic carbocycles. The van der Waals surface area contributed by atoms with Crippen molar-refractivity contribution < 1.29 is 4.79 Å². The number of Topliss-reactive ketones (excluding diaryl/α,β-unsaturated/α-hetero) is 1. The molecule has 0 atom stereocenters. The zero-order chi connectivity index (χ0) is 7.56. The van der Waals surface area contributed by atoms with E-state index in [1.54, 1.807) is 24.3 Å². The molecule has 10 heavy (non-hydrogen) atoms. The third-order valence-electron chi connectivity index (χ3n) is 1.24.